The van der Waals surface area contributed by atoms with E-state index in [1.807, 2.05) is 25.1 Å². The number of nitrogens with one attached hydrogen (secondary N) is 1. The summed E-state index contributed by atoms with van der Waals surface area (Å²) in [5.74, 6) is -0.567. The molecule has 0 saturated heterocycles. The monoisotopic (exact) mass is 517 g/mol. The minimum atomic E-state index is -4.01. The average molecular weight is 518 g/mol. The van der Waals surface area contributed by atoms with Gasteiger partial charge in [0.2, 0.25) is 0 Å². The molecule has 0 spiro atoms. The molecule has 0 radical (unpaired) electrons. The Labute approximate surface area is 215 Å². The van der Waals surface area contributed by atoms with E-state index >= 15 is 0 Å². The van der Waals surface area contributed by atoms with Gasteiger partial charge in [-0.15, -0.1) is 0 Å². The van der Waals surface area contributed by atoms with Gasteiger partial charge < -0.3 is 0 Å². The molecule has 1 amide bonds. The molecule has 0 fully saturated rings. The van der Waals surface area contributed by atoms with Gasteiger partial charge in [0, 0.05) is 10.6 Å². The SMILES string of the molecule is Cc1ccc(S(=O)(=O)N(CC(=O)N/N=C\c2ccc3c4c(cccc24)CC3)c2ccc(Cl)cc2)cc1. The molecule has 182 valence electrons. The Morgan fingerprint density at radius 1 is 0.972 bits per heavy atom. The molecule has 0 unspecified atom stereocenters. The van der Waals surface area contributed by atoms with Crippen LogP contribution in [0.2, 0.25) is 5.02 Å². The van der Waals surface area contributed by atoms with Crippen molar-refractivity contribution in [3.05, 3.63) is 106 Å². The summed E-state index contributed by atoms with van der Waals surface area (Å²) >= 11 is 6.00. The van der Waals surface area contributed by atoms with Gasteiger partial charge in [-0.25, -0.2) is 13.8 Å². The number of hydrogen-bond donors (Lipinski definition) is 1. The van der Waals surface area contributed by atoms with E-state index < -0.39 is 22.5 Å². The predicted molar refractivity (Wildman–Crippen MR) is 144 cm³/mol. The summed E-state index contributed by atoms with van der Waals surface area (Å²) in [5.41, 5.74) is 7.27. The van der Waals surface area contributed by atoms with Crippen molar-refractivity contribution in [3.63, 3.8) is 0 Å². The first kappa shape index (κ1) is 24.0. The molecule has 0 bridgehead atoms. The highest BCUT2D eigenvalue weighted by atomic mass is 35.5. The van der Waals surface area contributed by atoms with Crippen LogP contribution in [0.5, 0.6) is 0 Å². The lowest BCUT2D eigenvalue weighted by molar-refractivity contribution is -0.119. The van der Waals surface area contributed by atoms with Crippen LogP contribution in [-0.2, 0) is 27.7 Å². The third kappa shape index (κ3) is 4.72. The van der Waals surface area contributed by atoms with Crippen LogP contribution in [-0.4, -0.2) is 27.1 Å². The molecule has 4 aromatic rings. The molecule has 1 aliphatic carbocycles. The summed E-state index contributed by atoms with van der Waals surface area (Å²) < 4.78 is 28.0. The maximum Gasteiger partial charge on any atom is 0.264 e. The number of carbonyl (C=O) groups is 1. The zero-order valence-electron chi connectivity index (χ0n) is 19.6. The van der Waals surface area contributed by atoms with Crippen LogP contribution < -0.4 is 9.73 Å². The van der Waals surface area contributed by atoms with Crippen molar-refractivity contribution in [2.75, 3.05) is 10.8 Å². The van der Waals surface area contributed by atoms with Gasteiger partial charge in [0.25, 0.3) is 15.9 Å². The molecule has 0 heterocycles. The molecule has 4 aromatic carbocycles. The number of halogens is 1. The lowest BCUT2D eigenvalue weighted by Crippen LogP contribution is -2.39. The van der Waals surface area contributed by atoms with Crippen LogP contribution in [0.3, 0.4) is 0 Å². The fraction of sp³-hybridized carbons (Fsp3) is 0.143. The molecule has 36 heavy (non-hydrogen) atoms. The number of nitrogens with zero attached hydrogens (tertiary/aromatic N) is 2. The van der Waals surface area contributed by atoms with E-state index in [1.54, 1.807) is 42.6 Å². The summed E-state index contributed by atoms with van der Waals surface area (Å²) in [6.45, 7) is 1.43. The Morgan fingerprint density at radius 3 is 2.39 bits per heavy atom. The molecule has 1 N–H and O–H groups in total. The Kier molecular flexibility index (Phi) is 6.51. The average Bonchev–Trinajstić information content (AvgIpc) is 3.29. The van der Waals surface area contributed by atoms with Gasteiger partial charge in [-0.3, -0.25) is 9.10 Å². The highest BCUT2D eigenvalue weighted by Gasteiger charge is 2.27. The van der Waals surface area contributed by atoms with E-state index in [2.05, 4.69) is 22.7 Å². The minimum absolute atomic E-state index is 0.0900. The van der Waals surface area contributed by atoms with E-state index in [1.165, 1.54) is 28.6 Å². The maximum atomic E-state index is 13.5. The molecule has 1 aliphatic rings. The van der Waals surface area contributed by atoms with Crippen LogP contribution in [0.25, 0.3) is 10.8 Å². The predicted octanol–water partition coefficient (Wildman–Crippen LogP) is 5.25. The number of amides is 1. The summed E-state index contributed by atoms with van der Waals surface area (Å²) in [6.07, 6.45) is 3.65. The number of carbonyl (C=O) groups excluding carboxylic acids is 1. The van der Waals surface area contributed by atoms with E-state index in [-0.39, 0.29) is 4.90 Å². The van der Waals surface area contributed by atoms with Crippen molar-refractivity contribution in [2.24, 2.45) is 5.10 Å². The summed E-state index contributed by atoms with van der Waals surface area (Å²) in [6, 6.07) is 23.1. The smallest absolute Gasteiger partial charge is 0.264 e. The van der Waals surface area contributed by atoms with Gasteiger partial charge in [0.05, 0.1) is 16.8 Å². The first-order valence-corrected chi connectivity index (χ1v) is 13.3. The molecule has 0 atom stereocenters. The second kappa shape index (κ2) is 9.76. The number of benzene rings is 4. The highest BCUT2D eigenvalue weighted by molar-refractivity contribution is 7.92. The minimum Gasteiger partial charge on any atom is -0.271 e. The fourth-order valence-corrected chi connectivity index (χ4v) is 6.03. The summed E-state index contributed by atoms with van der Waals surface area (Å²) in [4.78, 5) is 12.9. The normalized spacial score (nSPS) is 12.8. The zero-order chi connectivity index (χ0) is 25.3. The molecule has 0 aromatic heterocycles. The molecule has 8 heteroatoms. The molecule has 0 saturated carbocycles. The van der Waals surface area contributed by atoms with E-state index in [0.29, 0.717) is 10.7 Å². The van der Waals surface area contributed by atoms with E-state index in [4.69, 9.17) is 11.6 Å². The molecule has 6 nitrogen and oxygen atoms in total. The van der Waals surface area contributed by atoms with Crippen LogP contribution in [0.15, 0.2) is 88.9 Å². The largest absolute Gasteiger partial charge is 0.271 e. The van der Waals surface area contributed by atoms with Crippen molar-refractivity contribution in [3.8, 4) is 0 Å². The lowest BCUT2D eigenvalue weighted by atomic mass is 10.0. The number of hydrogen-bond acceptors (Lipinski definition) is 4. The van der Waals surface area contributed by atoms with Crippen LogP contribution in [0, 0.1) is 6.92 Å². The molecular formula is C28H24ClN3O3S. The molecule has 5 rings (SSSR count). The van der Waals surface area contributed by atoms with Crippen molar-refractivity contribution in [1.82, 2.24) is 5.43 Å². The molecule has 0 aliphatic heterocycles. The second-order valence-corrected chi connectivity index (χ2v) is 11.0. The quantitative estimate of drug-likeness (QED) is 0.269. The third-order valence-corrected chi connectivity index (χ3v) is 8.35. The van der Waals surface area contributed by atoms with Gasteiger partial charge in [0.15, 0.2) is 0 Å². The topological polar surface area (TPSA) is 78.8 Å². The third-order valence-electron chi connectivity index (χ3n) is 6.31. The highest BCUT2D eigenvalue weighted by Crippen LogP contribution is 2.32. The number of anilines is 1. The first-order chi connectivity index (χ1) is 17.3. The second-order valence-electron chi connectivity index (χ2n) is 8.75. The Morgan fingerprint density at radius 2 is 1.67 bits per heavy atom. The maximum absolute atomic E-state index is 13.5. The van der Waals surface area contributed by atoms with Crippen molar-refractivity contribution >= 4 is 50.2 Å². The first-order valence-electron chi connectivity index (χ1n) is 11.5. The van der Waals surface area contributed by atoms with Crippen molar-refractivity contribution in [2.45, 2.75) is 24.7 Å². The van der Waals surface area contributed by atoms with Crippen LogP contribution in [0.1, 0.15) is 22.3 Å². The Bertz CT molecular complexity index is 1570. The van der Waals surface area contributed by atoms with Gasteiger partial charge >= 0.3 is 0 Å². The van der Waals surface area contributed by atoms with Gasteiger partial charge in [-0.05, 0) is 78.1 Å². The standard InChI is InChI=1S/C28H24ClN3O3S/c1-19-5-15-25(16-6-19)36(34,35)32(24-13-11-23(29)12-14-24)18-27(33)31-30-17-22-10-9-21-8-7-20-3-2-4-26(22)28(20)21/h2-6,9-17H,7-8,18H2,1H3,(H,31,33)/b30-17-. The number of aryl methyl sites for hydroxylation is 3. The van der Waals surface area contributed by atoms with E-state index in [9.17, 15) is 13.2 Å². The van der Waals surface area contributed by atoms with Gasteiger partial charge in [-0.2, -0.15) is 5.10 Å². The Balaban J connectivity index is 1.38. The van der Waals surface area contributed by atoms with Gasteiger partial charge in [0.1, 0.15) is 6.54 Å². The van der Waals surface area contributed by atoms with Crippen LogP contribution in [0.4, 0.5) is 5.69 Å². The van der Waals surface area contributed by atoms with Crippen LogP contribution >= 0.6 is 11.6 Å². The summed E-state index contributed by atoms with van der Waals surface area (Å²) in [7, 11) is -4.01. The Hall–Kier alpha value is -3.68. The van der Waals surface area contributed by atoms with Gasteiger partial charge in [-0.1, -0.05) is 59.6 Å². The zero-order valence-corrected chi connectivity index (χ0v) is 21.2. The van der Waals surface area contributed by atoms with Crippen molar-refractivity contribution in [1.29, 1.82) is 0 Å². The molecular weight excluding hydrogens is 494 g/mol. The lowest BCUT2D eigenvalue weighted by Gasteiger charge is -2.23. The van der Waals surface area contributed by atoms with E-state index in [0.717, 1.165) is 33.7 Å². The summed E-state index contributed by atoms with van der Waals surface area (Å²) in [5, 5.41) is 6.94. The number of rotatable bonds is 7. The fourth-order valence-electron chi connectivity index (χ4n) is 4.48. The number of sulfonamides is 1. The van der Waals surface area contributed by atoms with Crippen molar-refractivity contribution < 1.29 is 13.2 Å². The number of hydrazone groups is 1.